The summed E-state index contributed by atoms with van der Waals surface area (Å²) < 4.78 is 33.6. The van der Waals surface area contributed by atoms with Crippen LogP contribution in [0.2, 0.25) is 0 Å². The molecule has 1 amide bonds. The van der Waals surface area contributed by atoms with E-state index in [0.717, 1.165) is 15.4 Å². The molecule has 0 radical (unpaired) electrons. The fraction of sp³-hybridized carbons (Fsp3) is 0.200. The Morgan fingerprint density at radius 3 is 2.32 bits per heavy atom. The van der Waals surface area contributed by atoms with Gasteiger partial charge in [-0.05, 0) is 62.7 Å². The van der Waals surface area contributed by atoms with Crippen molar-refractivity contribution >= 4 is 27.3 Å². The van der Waals surface area contributed by atoms with Gasteiger partial charge in [-0.25, -0.2) is 13.8 Å². The Bertz CT molecular complexity index is 1320. The minimum absolute atomic E-state index is 0.0195. The van der Waals surface area contributed by atoms with Crippen molar-refractivity contribution < 1.29 is 23.1 Å². The first kappa shape index (κ1) is 24.8. The monoisotopic (exact) mass is 481 g/mol. The van der Waals surface area contributed by atoms with E-state index in [1.165, 1.54) is 25.3 Å². The number of ether oxygens (including phenoxy) is 1. The molecule has 0 bridgehead atoms. The number of hydrogen-bond acceptors (Lipinski definition) is 6. The summed E-state index contributed by atoms with van der Waals surface area (Å²) in [6.07, 6.45) is 0. The predicted molar refractivity (Wildman–Crippen MR) is 132 cm³/mol. The van der Waals surface area contributed by atoms with Crippen molar-refractivity contribution in [3.8, 4) is 11.5 Å². The number of phenols is 1. The second-order valence-corrected chi connectivity index (χ2v) is 9.61. The third kappa shape index (κ3) is 5.55. The molecule has 0 spiro atoms. The van der Waals surface area contributed by atoms with E-state index >= 15 is 0 Å². The Labute approximate surface area is 199 Å². The fourth-order valence-corrected chi connectivity index (χ4v) is 4.71. The van der Waals surface area contributed by atoms with Gasteiger partial charge in [0, 0.05) is 5.56 Å². The maximum Gasteiger partial charge on any atom is 0.264 e. The lowest BCUT2D eigenvalue weighted by atomic mass is 10.1. The Balaban J connectivity index is 1.97. The van der Waals surface area contributed by atoms with E-state index in [2.05, 4.69) is 10.5 Å². The van der Waals surface area contributed by atoms with Gasteiger partial charge in [-0.15, -0.1) is 0 Å². The van der Waals surface area contributed by atoms with Crippen molar-refractivity contribution in [1.29, 1.82) is 0 Å². The number of aryl methyl sites for hydroxylation is 2. The maximum absolute atomic E-state index is 13.6. The van der Waals surface area contributed by atoms with Crippen LogP contribution in [-0.4, -0.2) is 38.8 Å². The van der Waals surface area contributed by atoms with E-state index in [0.29, 0.717) is 17.0 Å². The molecule has 34 heavy (non-hydrogen) atoms. The second kappa shape index (κ2) is 10.4. The van der Waals surface area contributed by atoms with Crippen molar-refractivity contribution in [2.75, 3.05) is 18.0 Å². The van der Waals surface area contributed by atoms with Gasteiger partial charge in [0.25, 0.3) is 15.9 Å². The fourth-order valence-electron chi connectivity index (χ4n) is 3.28. The summed E-state index contributed by atoms with van der Waals surface area (Å²) in [7, 11) is -2.67. The SMILES string of the molecule is COc1ccc(C)cc1N(CC(=O)N/N=C(/C)c1ccccc1O)S(=O)(=O)c1ccc(C)cc1. The highest BCUT2D eigenvalue weighted by molar-refractivity contribution is 7.92. The molecule has 0 unspecified atom stereocenters. The van der Waals surface area contributed by atoms with Gasteiger partial charge in [-0.1, -0.05) is 35.9 Å². The van der Waals surface area contributed by atoms with Crippen molar-refractivity contribution in [3.63, 3.8) is 0 Å². The average Bonchev–Trinajstić information content (AvgIpc) is 2.81. The molecule has 0 aliphatic heterocycles. The molecule has 0 atom stereocenters. The van der Waals surface area contributed by atoms with E-state index in [-0.39, 0.29) is 16.3 Å². The summed E-state index contributed by atoms with van der Waals surface area (Å²) in [6.45, 7) is 4.77. The summed E-state index contributed by atoms with van der Waals surface area (Å²) >= 11 is 0. The number of anilines is 1. The van der Waals surface area contributed by atoms with Gasteiger partial charge in [0.05, 0.1) is 23.4 Å². The molecule has 2 N–H and O–H groups in total. The molecule has 0 saturated heterocycles. The first-order valence-electron chi connectivity index (χ1n) is 10.5. The molecule has 8 nitrogen and oxygen atoms in total. The zero-order chi connectivity index (χ0) is 24.9. The van der Waals surface area contributed by atoms with Gasteiger partial charge in [0.15, 0.2) is 0 Å². The summed E-state index contributed by atoms with van der Waals surface area (Å²) in [6, 6.07) is 18.0. The number of carbonyl (C=O) groups is 1. The van der Waals surface area contributed by atoms with E-state index < -0.39 is 22.5 Å². The zero-order valence-corrected chi connectivity index (χ0v) is 20.3. The van der Waals surface area contributed by atoms with Gasteiger partial charge in [0.2, 0.25) is 0 Å². The number of para-hydroxylation sites is 1. The summed E-state index contributed by atoms with van der Waals surface area (Å²) in [4.78, 5) is 12.9. The molecule has 3 aromatic carbocycles. The molecule has 178 valence electrons. The highest BCUT2D eigenvalue weighted by Gasteiger charge is 2.29. The highest BCUT2D eigenvalue weighted by Crippen LogP contribution is 2.33. The summed E-state index contributed by atoms with van der Waals surface area (Å²) in [5.74, 6) is -0.330. The molecule has 0 aliphatic carbocycles. The largest absolute Gasteiger partial charge is 0.507 e. The lowest BCUT2D eigenvalue weighted by molar-refractivity contribution is -0.119. The van der Waals surface area contributed by atoms with Crippen molar-refractivity contribution in [1.82, 2.24) is 5.43 Å². The van der Waals surface area contributed by atoms with E-state index in [9.17, 15) is 18.3 Å². The van der Waals surface area contributed by atoms with Crippen LogP contribution in [-0.2, 0) is 14.8 Å². The minimum Gasteiger partial charge on any atom is -0.507 e. The van der Waals surface area contributed by atoms with E-state index in [1.54, 1.807) is 55.5 Å². The molecule has 9 heteroatoms. The van der Waals surface area contributed by atoms with Gasteiger partial charge in [-0.2, -0.15) is 5.10 Å². The van der Waals surface area contributed by atoms with E-state index in [1.807, 2.05) is 13.8 Å². The number of nitrogens with zero attached hydrogens (tertiary/aromatic N) is 2. The second-order valence-electron chi connectivity index (χ2n) is 7.75. The molecule has 0 aliphatic rings. The third-order valence-corrected chi connectivity index (χ3v) is 6.92. The number of hydrazone groups is 1. The topological polar surface area (TPSA) is 108 Å². The number of sulfonamides is 1. The Hall–Kier alpha value is -3.85. The lowest BCUT2D eigenvalue weighted by Crippen LogP contribution is -2.40. The quantitative estimate of drug-likeness (QED) is 0.376. The molecule has 0 fully saturated rings. The molecule has 0 aromatic heterocycles. The number of benzene rings is 3. The van der Waals surface area contributed by atoms with Crippen molar-refractivity contribution in [3.05, 3.63) is 83.4 Å². The van der Waals surface area contributed by atoms with Crippen LogP contribution in [0.3, 0.4) is 0 Å². The van der Waals surface area contributed by atoms with Crippen LogP contribution in [0.1, 0.15) is 23.6 Å². The van der Waals surface area contributed by atoms with Gasteiger partial charge < -0.3 is 9.84 Å². The normalized spacial score (nSPS) is 11.7. The standard InChI is InChI=1S/C25H27N3O5S/c1-17-9-12-20(13-10-17)34(31,32)28(22-15-18(2)11-14-24(22)33-4)16-25(30)27-26-19(3)21-7-5-6-8-23(21)29/h5-15,29H,16H2,1-4H3,(H,27,30)/b26-19-. The molecular weight excluding hydrogens is 454 g/mol. The Morgan fingerprint density at radius 2 is 1.68 bits per heavy atom. The molecular formula is C25H27N3O5S. The lowest BCUT2D eigenvalue weighted by Gasteiger charge is -2.25. The summed E-state index contributed by atoms with van der Waals surface area (Å²) in [5.41, 5.74) is 5.15. The van der Waals surface area contributed by atoms with Crippen molar-refractivity contribution in [2.24, 2.45) is 5.10 Å². The van der Waals surface area contributed by atoms with Crippen LogP contribution in [0, 0.1) is 13.8 Å². The van der Waals surface area contributed by atoms with Crippen LogP contribution in [0.15, 0.2) is 76.7 Å². The number of aromatic hydroxyl groups is 1. The maximum atomic E-state index is 13.6. The van der Waals surface area contributed by atoms with Crippen LogP contribution in [0.5, 0.6) is 11.5 Å². The Morgan fingerprint density at radius 1 is 1.03 bits per heavy atom. The first-order chi connectivity index (χ1) is 16.1. The zero-order valence-electron chi connectivity index (χ0n) is 19.4. The van der Waals surface area contributed by atoms with Gasteiger partial charge in [-0.3, -0.25) is 9.10 Å². The number of rotatable bonds is 8. The minimum atomic E-state index is -4.11. The van der Waals surface area contributed by atoms with Crippen LogP contribution < -0.4 is 14.5 Å². The van der Waals surface area contributed by atoms with Gasteiger partial charge >= 0.3 is 0 Å². The number of amides is 1. The third-order valence-electron chi connectivity index (χ3n) is 5.14. The molecule has 0 heterocycles. The van der Waals surface area contributed by atoms with Crippen LogP contribution in [0.25, 0.3) is 0 Å². The van der Waals surface area contributed by atoms with E-state index in [4.69, 9.17) is 4.74 Å². The van der Waals surface area contributed by atoms with Gasteiger partial charge in [0.1, 0.15) is 18.0 Å². The summed E-state index contributed by atoms with van der Waals surface area (Å²) in [5, 5.41) is 14.0. The molecule has 3 aromatic rings. The molecule has 0 saturated carbocycles. The first-order valence-corrected chi connectivity index (χ1v) is 11.9. The number of phenolic OH excluding ortho intramolecular Hbond substituents is 1. The van der Waals surface area contributed by atoms with Crippen LogP contribution in [0.4, 0.5) is 5.69 Å². The number of carbonyl (C=O) groups excluding carboxylic acids is 1. The van der Waals surface area contributed by atoms with Crippen LogP contribution >= 0.6 is 0 Å². The van der Waals surface area contributed by atoms with Crippen molar-refractivity contribution in [2.45, 2.75) is 25.7 Å². The number of methoxy groups -OCH3 is 1. The smallest absolute Gasteiger partial charge is 0.264 e. The number of nitrogens with one attached hydrogen (secondary N) is 1. The highest BCUT2D eigenvalue weighted by atomic mass is 32.2. The Kier molecular flexibility index (Phi) is 7.57. The average molecular weight is 482 g/mol. The predicted octanol–water partition coefficient (Wildman–Crippen LogP) is 3.75. The molecule has 3 rings (SSSR count). The number of hydrogen-bond donors (Lipinski definition) is 2.